The Bertz CT molecular complexity index is 339. The molecule has 0 fully saturated rings. The molecule has 0 aliphatic heterocycles. The number of hydrogen-bond donors (Lipinski definition) is 1. The van der Waals surface area contributed by atoms with Crippen molar-refractivity contribution in [3.05, 3.63) is 28.8 Å². The van der Waals surface area contributed by atoms with Crippen LogP contribution in [0.4, 0.5) is 0 Å². The van der Waals surface area contributed by atoms with Gasteiger partial charge in [-0.15, -0.1) is 11.8 Å². The topological polar surface area (TPSA) is 20.2 Å². The summed E-state index contributed by atoms with van der Waals surface area (Å²) < 4.78 is 0. The first-order chi connectivity index (χ1) is 7.54. The maximum absolute atomic E-state index is 9.43. The molecule has 1 rings (SSSR count). The van der Waals surface area contributed by atoms with Crippen molar-refractivity contribution < 1.29 is 5.11 Å². The third-order valence-corrected chi connectivity index (χ3v) is 4.49. The molecule has 0 radical (unpaired) electrons. The Hall–Kier alpha value is -0.180. The van der Waals surface area contributed by atoms with Crippen molar-refractivity contribution in [1.82, 2.24) is 0 Å². The molecule has 0 spiro atoms. The number of benzene rings is 1. The fraction of sp³-hybridized carbons (Fsp3) is 0.538. The standard InChI is InChI=1S/C13H19ClOS/c1-4-9(2)8-16-13-6-5-11(10(3)15)7-12(13)14/h5-7,9-10,15H,4,8H2,1-3H3/t9?,10-/m1/s1. The van der Waals surface area contributed by atoms with Crippen LogP contribution in [0.25, 0.3) is 0 Å². The Morgan fingerprint density at radius 3 is 2.56 bits per heavy atom. The van der Waals surface area contributed by atoms with Crippen LogP contribution < -0.4 is 0 Å². The molecule has 1 N–H and O–H groups in total. The summed E-state index contributed by atoms with van der Waals surface area (Å²) in [6, 6.07) is 5.79. The van der Waals surface area contributed by atoms with Crippen molar-refractivity contribution >= 4 is 23.4 Å². The second kappa shape index (κ2) is 6.53. The fourth-order valence-corrected chi connectivity index (χ4v) is 2.66. The highest BCUT2D eigenvalue weighted by atomic mass is 35.5. The molecule has 1 aromatic carbocycles. The lowest BCUT2D eigenvalue weighted by molar-refractivity contribution is 0.199. The summed E-state index contributed by atoms with van der Waals surface area (Å²) in [6.45, 7) is 6.19. The van der Waals surface area contributed by atoms with Crippen LogP contribution in [0, 0.1) is 5.92 Å². The smallest absolute Gasteiger partial charge is 0.0762 e. The molecule has 0 saturated carbocycles. The maximum Gasteiger partial charge on any atom is 0.0762 e. The molecule has 0 amide bonds. The van der Waals surface area contributed by atoms with Crippen LogP contribution in [0.3, 0.4) is 0 Å². The SMILES string of the molecule is CCC(C)CSc1ccc([C@@H](C)O)cc1Cl. The number of hydrogen-bond acceptors (Lipinski definition) is 2. The first-order valence-corrected chi connectivity index (χ1v) is 7.01. The molecule has 0 bridgehead atoms. The summed E-state index contributed by atoms with van der Waals surface area (Å²) in [5.41, 5.74) is 0.873. The third kappa shape index (κ3) is 4.00. The minimum atomic E-state index is -0.453. The predicted molar refractivity (Wildman–Crippen MR) is 72.3 cm³/mol. The van der Waals surface area contributed by atoms with Gasteiger partial charge in [0.25, 0.3) is 0 Å². The number of aliphatic hydroxyl groups is 1. The van der Waals surface area contributed by atoms with Crippen LogP contribution in [-0.4, -0.2) is 10.9 Å². The van der Waals surface area contributed by atoms with Crippen LogP contribution in [0.1, 0.15) is 38.9 Å². The van der Waals surface area contributed by atoms with Gasteiger partial charge in [0, 0.05) is 10.6 Å². The average molecular weight is 259 g/mol. The van der Waals surface area contributed by atoms with Crippen LogP contribution in [-0.2, 0) is 0 Å². The molecule has 3 heteroatoms. The van der Waals surface area contributed by atoms with Crippen LogP contribution in [0.2, 0.25) is 5.02 Å². The number of rotatable bonds is 5. The van der Waals surface area contributed by atoms with Gasteiger partial charge in [-0.3, -0.25) is 0 Å². The molecule has 16 heavy (non-hydrogen) atoms. The van der Waals surface area contributed by atoms with E-state index >= 15 is 0 Å². The summed E-state index contributed by atoms with van der Waals surface area (Å²) in [4.78, 5) is 1.10. The minimum Gasteiger partial charge on any atom is -0.389 e. The van der Waals surface area contributed by atoms with Gasteiger partial charge < -0.3 is 5.11 Å². The fourth-order valence-electron chi connectivity index (χ4n) is 1.24. The molecular formula is C13H19ClOS. The zero-order valence-electron chi connectivity index (χ0n) is 10.0. The van der Waals surface area contributed by atoms with E-state index in [0.717, 1.165) is 21.2 Å². The number of aliphatic hydroxyl groups excluding tert-OH is 1. The van der Waals surface area contributed by atoms with Gasteiger partial charge >= 0.3 is 0 Å². The lowest BCUT2D eigenvalue weighted by atomic mass is 10.1. The zero-order valence-corrected chi connectivity index (χ0v) is 11.6. The summed E-state index contributed by atoms with van der Waals surface area (Å²) in [5, 5.41) is 10.2. The summed E-state index contributed by atoms with van der Waals surface area (Å²) in [7, 11) is 0. The molecule has 1 unspecified atom stereocenters. The van der Waals surface area contributed by atoms with E-state index in [2.05, 4.69) is 13.8 Å². The third-order valence-electron chi connectivity index (χ3n) is 2.66. The molecule has 0 aliphatic rings. The molecule has 90 valence electrons. The highest BCUT2D eigenvalue weighted by Crippen LogP contribution is 2.31. The zero-order chi connectivity index (χ0) is 12.1. The molecule has 1 aromatic rings. The Morgan fingerprint density at radius 2 is 2.06 bits per heavy atom. The summed E-state index contributed by atoms with van der Waals surface area (Å²) in [6.07, 6.45) is 0.738. The van der Waals surface area contributed by atoms with Crippen molar-refractivity contribution in [1.29, 1.82) is 0 Å². The van der Waals surface area contributed by atoms with Crippen molar-refractivity contribution in [3.63, 3.8) is 0 Å². The molecule has 2 atom stereocenters. The van der Waals surface area contributed by atoms with Gasteiger partial charge in [-0.2, -0.15) is 0 Å². The van der Waals surface area contributed by atoms with E-state index in [1.54, 1.807) is 18.7 Å². The Balaban J connectivity index is 2.68. The molecular weight excluding hydrogens is 240 g/mol. The van der Waals surface area contributed by atoms with Gasteiger partial charge in [0.1, 0.15) is 0 Å². The van der Waals surface area contributed by atoms with E-state index in [4.69, 9.17) is 11.6 Å². The van der Waals surface area contributed by atoms with Crippen LogP contribution in [0.5, 0.6) is 0 Å². The molecule has 0 saturated heterocycles. The van der Waals surface area contributed by atoms with E-state index in [-0.39, 0.29) is 0 Å². The normalized spacial score (nSPS) is 14.8. The van der Waals surface area contributed by atoms with E-state index in [1.165, 1.54) is 6.42 Å². The lowest BCUT2D eigenvalue weighted by Crippen LogP contribution is -1.96. The maximum atomic E-state index is 9.43. The first-order valence-electron chi connectivity index (χ1n) is 5.64. The van der Waals surface area contributed by atoms with Gasteiger partial charge in [-0.25, -0.2) is 0 Å². The summed E-state index contributed by atoms with van der Waals surface area (Å²) >= 11 is 7.95. The predicted octanol–water partition coefficient (Wildman–Crippen LogP) is 4.53. The average Bonchev–Trinajstić information content (AvgIpc) is 2.26. The van der Waals surface area contributed by atoms with Gasteiger partial charge in [0.15, 0.2) is 0 Å². The highest BCUT2D eigenvalue weighted by molar-refractivity contribution is 7.99. The van der Waals surface area contributed by atoms with Crippen molar-refractivity contribution in [2.75, 3.05) is 5.75 Å². The van der Waals surface area contributed by atoms with Crippen LogP contribution in [0.15, 0.2) is 23.1 Å². The van der Waals surface area contributed by atoms with E-state index < -0.39 is 6.10 Å². The van der Waals surface area contributed by atoms with Crippen LogP contribution >= 0.6 is 23.4 Å². The monoisotopic (exact) mass is 258 g/mol. The Labute approximate surface area is 107 Å². The molecule has 0 aromatic heterocycles. The van der Waals surface area contributed by atoms with E-state index in [9.17, 15) is 5.11 Å². The van der Waals surface area contributed by atoms with Gasteiger partial charge in [0.2, 0.25) is 0 Å². The Morgan fingerprint density at radius 1 is 1.38 bits per heavy atom. The quantitative estimate of drug-likeness (QED) is 0.783. The largest absolute Gasteiger partial charge is 0.389 e. The van der Waals surface area contributed by atoms with Gasteiger partial charge in [-0.05, 0) is 30.5 Å². The van der Waals surface area contributed by atoms with E-state index in [0.29, 0.717) is 5.92 Å². The molecule has 0 aliphatic carbocycles. The van der Waals surface area contributed by atoms with Crippen molar-refractivity contribution in [3.8, 4) is 0 Å². The van der Waals surface area contributed by atoms with Crippen molar-refractivity contribution in [2.24, 2.45) is 5.92 Å². The highest BCUT2D eigenvalue weighted by Gasteiger charge is 2.07. The second-order valence-corrected chi connectivity index (χ2v) is 5.66. The van der Waals surface area contributed by atoms with Crippen molar-refractivity contribution in [2.45, 2.75) is 38.2 Å². The first kappa shape index (κ1) is 13.9. The minimum absolute atomic E-state index is 0.453. The van der Waals surface area contributed by atoms with E-state index in [1.807, 2.05) is 18.2 Å². The number of thioether (sulfide) groups is 1. The lowest BCUT2D eigenvalue weighted by Gasteiger charge is -2.11. The molecule has 1 nitrogen and oxygen atoms in total. The van der Waals surface area contributed by atoms with Gasteiger partial charge in [-0.1, -0.05) is 37.9 Å². The Kier molecular flexibility index (Phi) is 5.67. The van der Waals surface area contributed by atoms with Gasteiger partial charge in [0.05, 0.1) is 11.1 Å². The second-order valence-electron chi connectivity index (χ2n) is 4.19. The summed E-state index contributed by atoms with van der Waals surface area (Å²) in [5.74, 6) is 1.79. The number of halogens is 1. The molecule has 0 heterocycles.